The average Bonchev–Trinajstić information content (AvgIpc) is 2.25. The molecule has 0 aromatic carbocycles. The van der Waals surface area contributed by atoms with Crippen molar-refractivity contribution in [3.63, 3.8) is 0 Å². The highest BCUT2D eigenvalue weighted by atomic mass is 19.4. The maximum Gasteiger partial charge on any atom is 0.574 e. The van der Waals surface area contributed by atoms with Gasteiger partial charge in [-0.2, -0.15) is 0 Å². The van der Waals surface area contributed by atoms with Gasteiger partial charge in [0.2, 0.25) is 5.88 Å². The summed E-state index contributed by atoms with van der Waals surface area (Å²) in [5.74, 6) is -1.35. The van der Waals surface area contributed by atoms with E-state index in [4.69, 9.17) is 5.11 Å². The Kier molecular flexibility index (Phi) is 4.19. The summed E-state index contributed by atoms with van der Waals surface area (Å²) in [6.07, 6.45) is -8.49. The van der Waals surface area contributed by atoms with Gasteiger partial charge >= 0.3 is 6.36 Å². The lowest BCUT2D eigenvalue weighted by Gasteiger charge is -2.13. The molecule has 0 unspecified atom stereocenters. The number of rotatable bonds is 4. The zero-order valence-corrected chi connectivity index (χ0v) is 8.82. The fourth-order valence-electron chi connectivity index (χ4n) is 1.28. The maximum absolute atomic E-state index is 12.7. The van der Waals surface area contributed by atoms with Gasteiger partial charge in [0.15, 0.2) is 0 Å². The van der Waals surface area contributed by atoms with E-state index in [2.05, 4.69) is 9.72 Å². The molecule has 1 N–H and O–H groups in total. The van der Waals surface area contributed by atoms with Gasteiger partial charge in [-0.25, -0.2) is 13.8 Å². The van der Waals surface area contributed by atoms with Crippen molar-refractivity contribution in [2.45, 2.75) is 19.4 Å². The Balaban J connectivity index is 3.45. The predicted molar refractivity (Wildman–Crippen MR) is 48.5 cm³/mol. The SMILES string of the molecule is O=[N+]([O-])c1cnc(OC(F)(F)F)c(CO)c1C(F)F. The molecule has 0 bridgehead atoms. The van der Waals surface area contributed by atoms with Crippen LogP contribution in [0.4, 0.5) is 27.6 Å². The van der Waals surface area contributed by atoms with Gasteiger partial charge in [0.05, 0.1) is 17.1 Å². The van der Waals surface area contributed by atoms with Crippen LogP contribution in [0.3, 0.4) is 0 Å². The standard InChI is InChI=1S/C8H5F5N2O4/c9-6(10)5-3(2-16)7(19-8(11,12)13)14-1-4(5)15(17)18/h1,6,16H,2H2. The van der Waals surface area contributed by atoms with Gasteiger partial charge in [-0.05, 0) is 0 Å². The maximum atomic E-state index is 12.7. The van der Waals surface area contributed by atoms with Crippen LogP contribution in [-0.4, -0.2) is 21.4 Å². The topological polar surface area (TPSA) is 85.5 Å². The monoisotopic (exact) mass is 288 g/mol. The van der Waals surface area contributed by atoms with Crippen molar-refractivity contribution in [2.24, 2.45) is 0 Å². The molecule has 1 heterocycles. The van der Waals surface area contributed by atoms with Crippen molar-refractivity contribution >= 4 is 5.69 Å². The number of nitrogens with zero attached hydrogens (tertiary/aromatic N) is 2. The first-order valence-corrected chi connectivity index (χ1v) is 4.48. The van der Waals surface area contributed by atoms with E-state index in [1.165, 1.54) is 0 Å². The number of aliphatic hydroxyl groups excluding tert-OH is 1. The third kappa shape index (κ3) is 3.47. The Morgan fingerprint density at radius 3 is 2.42 bits per heavy atom. The number of halogens is 5. The first-order chi connectivity index (χ1) is 8.67. The number of aromatic nitrogens is 1. The van der Waals surface area contributed by atoms with Crippen LogP contribution < -0.4 is 4.74 Å². The summed E-state index contributed by atoms with van der Waals surface area (Å²) >= 11 is 0. The van der Waals surface area contributed by atoms with Crippen LogP contribution in [0.15, 0.2) is 6.20 Å². The summed E-state index contributed by atoms with van der Waals surface area (Å²) in [5.41, 5.74) is -3.64. The number of pyridine rings is 1. The Morgan fingerprint density at radius 1 is 1.47 bits per heavy atom. The summed E-state index contributed by atoms with van der Waals surface area (Å²) in [5, 5.41) is 19.3. The molecule has 0 atom stereocenters. The molecular weight excluding hydrogens is 283 g/mol. The molecule has 0 aliphatic rings. The molecule has 11 heteroatoms. The molecule has 0 saturated carbocycles. The first-order valence-electron chi connectivity index (χ1n) is 4.48. The largest absolute Gasteiger partial charge is 0.574 e. The molecule has 1 aromatic rings. The van der Waals surface area contributed by atoms with Gasteiger partial charge in [0, 0.05) is 0 Å². The lowest BCUT2D eigenvalue weighted by Crippen LogP contribution is -2.20. The van der Waals surface area contributed by atoms with Gasteiger partial charge in [-0.1, -0.05) is 0 Å². The van der Waals surface area contributed by atoms with Crippen molar-refractivity contribution in [1.82, 2.24) is 4.98 Å². The molecule has 0 fully saturated rings. The molecule has 1 rings (SSSR count). The van der Waals surface area contributed by atoms with Crippen LogP contribution in [0.25, 0.3) is 0 Å². The minimum absolute atomic E-state index is 0.210. The number of hydrogen-bond donors (Lipinski definition) is 1. The molecule has 19 heavy (non-hydrogen) atoms. The molecular formula is C8H5F5N2O4. The Morgan fingerprint density at radius 2 is 2.05 bits per heavy atom. The Hall–Kier alpha value is -2.04. The predicted octanol–water partition coefficient (Wildman–Crippen LogP) is 2.32. The van der Waals surface area contributed by atoms with E-state index in [0.717, 1.165) is 0 Å². The van der Waals surface area contributed by atoms with E-state index in [1.807, 2.05) is 0 Å². The van der Waals surface area contributed by atoms with Crippen LogP contribution >= 0.6 is 0 Å². The van der Waals surface area contributed by atoms with Crippen LogP contribution in [0.5, 0.6) is 5.88 Å². The molecule has 0 aliphatic heterocycles. The second-order valence-corrected chi connectivity index (χ2v) is 3.10. The lowest BCUT2D eigenvalue weighted by atomic mass is 10.1. The molecule has 0 aliphatic carbocycles. The van der Waals surface area contributed by atoms with E-state index in [-0.39, 0.29) is 6.20 Å². The highest BCUT2D eigenvalue weighted by Gasteiger charge is 2.36. The summed E-state index contributed by atoms with van der Waals surface area (Å²) in [6, 6.07) is 0. The first kappa shape index (κ1) is 15.0. The lowest BCUT2D eigenvalue weighted by molar-refractivity contribution is -0.386. The normalized spacial score (nSPS) is 11.7. The van der Waals surface area contributed by atoms with Gasteiger partial charge in [-0.3, -0.25) is 10.1 Å². The number of alkyl halides is 5. The number of hydrogen-bond acceptors (Lipinski definition) is 5. The number of aliphatic hydroxyl groups is 1. The summed E-state index contributed by atoms with van der Waals surface area (Å²) in [7, 11) is 0. The fourth-order valence-corrected chi connectivity index (χ4v) is 1.28. The van der Waals surface area contributed by atoms with Crippen LogP contribution in [-0.2, 0) is 6.61 Å². The van der Waals surface area contributed by atoms with E-state index in [9.17, 15) is 32.1 Å². The minimum Gasteiger partial charge on any atom is -0.391 e. The number of ether oxygens (including phenoxy) is 1. The van der Waals surface area contributed by atoms with Crippen molar-refractivity contribution in [3.05, 3.63) is 27.4 Å². The van der Waals surface area contributed by atoms with E-state index >= 15 is 0 Å². The fraction of sp³-hybridized carbons (Fsp3) is 0.375. The van der Waals surface area contributed by atoms with Gasteiger partial charge < -0.3 is 9.84 Å². The van der Waals surface area contributed by atoms with Gasteiger partial charge in [-0.15, -0.1) is 13.2 Å². The van der Waals surface area contributed by atoms with E-state index < -0.39 is 47.0 Å². The third-order valence-electron chi connectivity index (χ3n) is 1.95. The van der Waals surface area contributed by atoms with Crippen molar-refractivity contribution in [2.75, 3.05) is 0 Å². The zero-order valence-electron chi connectivity index (χ0n) is 8.82. The Labute approximate surface area is 101 Å². The van der Waals surface area contributed by atoms with Crippen LogP contribution in [0.1, 0.15) is 17.6 Å². The highest BCUT2D eigenvalue weighted by Crippen LogP contribution is 2.37. The second kappa shape index (κ2) is 5.30. The smallest absolute Gasteiger partial charge is 0.391 e. The van der Waals surface area contributed by atoms with Crippen molar-refractivity contribution in [3.8, 4) is 5.88 Å². The molecule has 6 nitrogen and oxygen atoms in total. The molecule has 1 aromatic heterocycles. The quantitative estimate of drug-likeness (QED) is 0.522. The summed E-state index contributed by atoms with van der Waals surface area (Å²) < 4.78 is 64.6. The summed E-state index contributed by atoms with van der Waals surface area (Å²) in [6.45, 7) is -1.32. The van der Waals surface area contributed by atoms with Crippen molar-refractivity contribution < 1.29 is 36.7 Å². The van der Waals surface area contributed by atoms with E-state index in [1.54, 1.807) is 0 Å². The van der Waals surface area contributed by atoms with Crippen molar-refractivity contribution in [1.29, 1.82) is 0 Å². The molecule has 0 radical (unpaired) electrons. The van der Waals surface area contributed by atoms with Crippen LogP contribution in [0.2, 0.25) is 0 Å². The second-order valence-electron chi connectivity index (χ2n) is 3.10. The average molecular weight is 288 g/mol. The van der Waals surface area contributed by atoms with Crippen LogP contribution in [0, 0.1) is 10.1 Å². The van der Waals surface area contributed by atoms with Gasteiger partial charge in [0.1, 0.15) is 11.8 Å². The summed E-state index contributed by atoms with van der Waals surface area (Å²) in [4.78, 5) is 12.2. The minimum atomic E-state index is -5.23. The highest BCUT2D eigenvalue weighted by molar-refractivity contribution is 5.48. The molecule has 106 valence electrons. The molecule has 0 spiro atoms. The van der Waals surface area contributed by atoms with E-state index in [0.29, 0.717) is 0 Å². The third-order valence-corrected chi connectivity index (χ3v) is 1.95. The zero-order chi connectivity index (χ0) is 14.8. The number of nitro groups is 1. The van der Waals surface area contributed by atoms with Gasteiger partial charge in [0.25, 0.3) is 12.1 Å². The molecule has 0 saturated heterocycles. The molecule has 0 amide bonds. The Bertz CT molecular complexity index is 491.